The summed E-state index contributed by atoms with van der Waals surface area (Å²) in [5, 5.41) is 19.5. The summed E-state index contributed by atoms with van der Waals surface area (Å²) in [6.45, 7) is 5.94. The number of aliphatic hydroxyl groups is 1. The first-order chi connectivity index (χ1) is 17.5. The predicted molar refractivity (Wildman–Crippen MR) is 145 cm³/mol. The number of allylic oxidation sites excluding steroid dienone is 5. The molecule has 0 saturated carbocycles. The molecule has 0 bridgehead atoms. The molecule has 0 unspecified atom stereocenters. The first-order valence-corrected chi connectivity index (χ1v) is 12.1. The molecule has 0 atom stereocenters. The number of anilines is 1. The van der Waals surface area contributed by atoms with E-state index in [1.165, 1.54) is 0 Å². The molecular weight excluding hydrogens is 474 g/mol. The standard InChI is InChI=1S/C29H28ClN3O3/c1-3-33(18-19-35-29(34)22-6-4-5-7-22)25-12-17-28(21(2)20-25)32-31-24-10-15-27(16-11-24)36-26-13-8-23(30)9-14-26/h4-17,20,34H,3,18-19H2,1-2H3. The maximum absolute atomic E-state index is 10.0. The van der Waals surface area contributed by atoms with Crippen LogP contribution in [0.3, 0.4) is 0 Å². The molecule has 3 aromatic carbocycles. The maximum Gasteiger partial charge on any atom is 0.284 e. The van der Waals surface area contributed by atoms with Crippen molar-refractivity contribution in [3.05, 3.63) is 113 Å². The van der Waals surface area contributed by atoms with Gasteiger partial charge in [0.2, 0.25) is 0 Å². The second-order valence-electron chi connectivity index (χ2n) is 8.13. The zero-order valence-corrected chi connectivity index (χ0v) is 21.0. The third-order valence-electron chi connectivity index (χ3n) is 5.60. The van der Waals surface area contributed by atoms with Crippen molar-refractivity contribution < 1.29 is 14.6 Å². The summed E-state index contributed by atoms with van der Waals surface area (Å²) in [7, 11) is 0. The fraction of sp³-hybridized carbons (Fsp3) is 0.172. The highest BCUT2D eigenvalue weighted by molar-refractivity contribution is 6.30. The fourth-order valence-corrected chi connectivity index (χ4v) is 3.73. The van der Waals surface area contributed by atoms with Crippen LogP contribution in [-0.4, -0.2) is 24.8 Å². The zero-order chi connectivity index (χ0) is 25.3. The number of aliphatic hydroxyl groups excluding tert-OH is 1. The van der Waals surface area contributed by atoms with Crippen molar-refractivity contribution in [2.24, 2.45) is 10.2 Å². The highest BCUT2D eigenvalue weighted by Gasteiger charge is 2.09. The monoisotopic (exact) mass is 501 g/mol. The number of likely N-dealkylation sites (N-methyl/N-ethyl adjacent to an activating group) is 1. The fourth-order valence-electron chi connectivity index (χ4n) is 3.60. The van der Waals surface area contributed by atoms with E-state index in [0.717, 1.165) is 29.2 Å². The van der Waals surface area contributed by atoms with Gasteiger partial charge in [-0.3, -0.25) is 0 Å². The number of ether oxygens (including phenoxy) is 2. The third-order valence-corrected chi connectivity index (χ3v) is 5.85. The van der Waals surface area contributed by atoms with Gasteiger partial charge in [0.25, 0.3) is 5.95 Å². The molecule has 0 fully saturated rings. The maximum atomic E-state index is 10.0. The third kappa shape index (κ3) is 6.77. The topological polar surface area (TPSA) is 66.7 Å². The predicted octanol–water partition coefficient (Wildman–Crippen LogP) is 8.59. The van der Waals surface area contributed by atoms with E-state index in [4.69, 9.17) is 21.1 Å². The van der Waals surface area contributed by atoms with Crippen molar-refractivity contribution >= 4 is 28.7 Å². The van der Waals surface area contributed by atoms with Crippen molar-refractivity contribution in [3.63, 3.8) is 0 Å². The van der Waals surface area contributed by atoms with Gasteiger partial charge in [0, 0.05) is 17.3 Å². The quantitative estimate of drug-likeness (QED) is 0.223. The van der Waals surface area contributed by atoms with Gasteiger partial charge in [-0.1, -0.05) is 23.8 Å². The van der Waals surface area contributed by atoms with E-state index < -0.39 is 0 Å². The average Bonchev–Trinajstić information content (AvgIpc) is 3.43. The number of nitrogens with zero attached hydrogens (tertiary/aromatic N) is 3. The minimum Gasteiger partial charge on any atom is -0.481 e. The Morgan fingerprint density at radius 2 is 1.58 bits per heavy atom. The molecule has 0 heterocycles. The summed E-state index contributed by atoms with van der Waals surface area (Å²) >= 11 is 5.91. The number of rotatable bonds is 10. The van der Waals surface area contributed by atoms with Crippen LogP contribution in [0.4, 0.5) is 17.1 Å². The molecular formula is C29H28ClN3O3. The molecule has 7 heteroatoms. The smallest absolute Gasteiger partial charge is 0.284 e. The number of halogens is 1. The Morgan fingerprint density at radius 1 is 0.917 bits per heavy atom. The molecule has 3 aromatic rings. The van der Waals surface area contributed by atoms with Crippen molar-refractivity contribution in [2.75, 3.05) is 24.6 Å². The Bertz CT molecular complexity index is 1280. The highest BCUT2D eigenvalue weighted by Crippen LogP contribution is 2.29. The Labute approximate surface area is 216 Å². The van der Waals surface area contributed by atoms with Crippen molar-refractivity contribution in [3.8, 4) is 11.5 Å². The first-order valence-electron chi connectivity index (χ1n) is 11.7. The van der Waals surface area contributed by atoms with E-state index in [9.17, 15) is 5.11 Å². The summed E-state index contributed by atoms with van der Waals surface area (Å²) in [5.41, 5.74) is 4.30. The van der Waals surface area contributed by atoms with E-state index in [0.29, 0.717) is 35.2 Å². The van der Waals surface area contributed by atoms with E-state index in [-0.39, 0.29) is 5.95 Å². The van der Waals surface area contributed by atoms with Crippen LogP contribution in [0.25, 0.3) is 0 Å². The molecule has 4 rings (SSSR count). The van der Waals surface area contributed by atoms with Gasteiger partial charge in [0.1, 0.15) is 18.1 Å². The van der Waals surface area contributed by atoms with Gasteiger partial charge in [-0.15, -0.1) is 0 Å². The molecule has 0 spiro atoms. The summed E-state index contributed by atoms with van der Waals surface area (Å²) in [5.74, 6) is 1.38. The lowest BCUT2D eigenvalue weighted by molar-refractivity contribution is 0.0955. The van der Waals surface area contributed by atoms with Gasteiger partial charge in [0.05, 0.1) is 23.5 Å². The second-order valence-corrected chi connectivity index (χ2v) is 8.56. The molecule has 0 radical (unpaired) electrons. The molecule has 0 aliphatic heterocycles. The summed E-state index contributed by atoms with van der Waals surface area (Å²) in [6.07, 6.45) is 7.35. The zero-order valence-electron chi connectivity index (χ0n) is 20.3. The van der Waals surface area contributed by atoms with Crippen LogP contribution in [0, 0.1) is 6.92 Å². The van der Waals surface area contributed by atoms with Gasteiger partial charge < -0.3 is 19.5 Å². The van der Waals surface area contributed by atoms with E-state index >= 15 is 0 Å². The molecule has 184 valence electrons. The lowest BCUT2D eigenvalue weighted by Gasteiger charge is -2.23. The van der Waals surface area contributed by atoms with Crippen LogP contribution in [0.5, 0.6) is 11.5 Å². The highest BCUT2D eigenvalue weighted by atomic mass is 35.5. The minimum atomic E-state index is -0.0485. The Morgan fingerprint density at radius 3 is 2.22 bits per heavy atom. The Hall–Kier alpha value is -4.03. The number of hydrogen-bond acceptors (Lipinski definition) is 6. The van der Waals surface area contributed by atoms with Crippen LogP contribution in [0.15, 0.2) is 113 Å². The molecule has 6 nitrogen and oxygen atoms in total. The van der Waals surface area contributed by atoms with Crippen LogP contribution >= 0.6 is 11.6 Å². The minimum absolute atomic E-state index is 0.0485. The van der Waals surface area contributed by atoms with Crippen molar-refractivity contribution in [1.82, 2.24) is 0 Å². The number of hydrogen-bond donors (Lipinski definition) is 1. The second kappa shape index (κ2) is 12.1. The van der Waals surface area contributed by atoms with E-state index in [2.05, 4.69) is 28.1 Å². The number of azo groups is 1. The van der Waals surface area contributed by atoms with E-state index in [1.807, 2.05) is 79.8 Å². The van der Waals surface area contributed by atoms with Crippen molar-refractivity contribution in [1.29, 1.82) is 0 Å². The SMILES string of the molecule is CCN(CCOC(O)=C1C=CC=C1)c1ccc(N=Nc2ccc(Oc3ccc(Cl)cc3)cc2)c(C)c1. The summed E-state index contributed by atoms with van der Waals surface area (Å²) in [6, 6.07) is 20.7. The molecule has 1 N–H and O–H groups in total. The lowest BCUT2D eigenvalue weighted by atomic mass is 10.1. The molecule has 1 aliphatic rings. The normalized spacial score (nSPS) is 12.4. The molecule has 0 aromatic heterocycles. The largest absolute Gasteiger partial charge is 0.481 e. The molecule has 0 saturated heterocycles. The first kappa shape index (κ1) is 25.1. The Kier molecular flexibility index (Phi) is 8.42. The van der Waals surface area contributed by atoms with Gasteiger partial charge in [-0.25, -0.2) is 0 Å². The van der Waals surface area contributed by atoms with Crippen LogP contribution < -0.4 is 9.64 Å². The van der Waals surface area contributed by atoms with Crippen LogP contribution in [-0.2, 0) is 4.74 Å². The number of benzene rings is 3. The summed E-state index contributed by atoms with van der Waals surface area (Å²) in [4.78, 5) is 2.19. The molecule has 36 heavy (non-hydrogen) atoms. The summed E-state index contributed by atoms with van der Waals surface area (Å²) < 4.78 is 11.3. The number of aryl methyl sites for hydroxylation is 1. The Balaban J connectivity index is 1.34. The van der Waals surface area contributed by atoms with Crippen molar-refractivity contribution in [2.45, 2.75) is 13.8 Å². The molecule has 0 amide bonds. The molecule has 1 aliphatic carbocycles. The van der Waals surface area contributed by atoms with Crippen LogP contribution in [0.1, 0.15) is 12.5 Å². The van der Waals surface area contributed by atoms with Gasteiger partial charge >= 0.3 is 0 Å². The van der Waals surface area contributed by atoms with Crippen LogP contribution in [0.2, 0.25) is 5.02 Å². The van der Waals surface area contributed by atoms with Gasteiger partial charge in [-0.2, -0.15) is 10.2 Å². The average molecular weight is 502 g/mol. The van der Waals surface area contributed by atoms with E-state index in [1.54, 1.807) is 12.1 Å². The van der Waals surface area contributed by atoms with Gasteiger partial charge in [0.15, 0.2) is 0 Å². The lowest BCUT2D eigenvalue weighted by Crippen LogP contribution is -2.27. The van der Waals surface area contributed by atoms with Gasteiger partial charge in [-0.05, 0) is 98.3 Å².